The zero-order valence-electron chi connectivity index (χ0n) is 11.0. The molecule has 0 unspecified atom stereocenters. The fourth-order valence-corrected chi connectivity index (χ4v) is 1.94. The highest BCUT2D eigenvalue weighted by Gasteiger charge is 2.32. The Morgan fingerprint density at radius 2 is 2.22 bits per heavy atom. The van der Waals surface area contributed by atoms with Crippen molar-refractivity contribution in [2.45, 2.75) is 39.2 Å². The van der Waals surface area contributed by atoms with Crippen LogP contribution in [0.4, 0.5) is 0 Å². The predicted octanol–water partition coefficient (Wildman–Crippen LogP) is 2.44. The number of pyridine rings is 1. The van der Waals surface area contributed by atoms with Crippen LogP contribution in [0.3, 0.4) is 0 Å². The molecule has 1 aliphatic carbocycles. The fraction of sp³-hybridized carbons (Fsp3) is 0.571. The molecule has 0 radical (unpaired) electrons. The average molecular weight is 248 g/mol. The second kappa shape index (κ2) is 5.38. The number of carbonyl (C=O) groups excluding carboxylic acids is 1. The molecule has 1 fully saturated rings. The average Bonchev–Trinajstić information content (AvgIpc) is 3.13. The maximum atomic E-state index is 12.4. The second-order valence-corrected chi connectivity index (χ2v) is 5.34. The lowest BCUT2D eigenvalue weighted by Crippen LogP contribution is -2.34. The monoisotopic (exact) mass is 248 g/mol. The summed E-state index contributed by atoms with van der Waals surface area (Å²) in [5, 5.41) is 9.38. The molecule has 1 saturated carbocycles. The summed E-state index contributed by atoms with van der Waals surface area (Å²) in [5.74, 6) is 0.614. The van der Waals surface area contributed by atoms with Gasteiger partial charge in [0.2, 0.25) is 0 Å². The molecule has 1 aromatic heterocycles. The van der Waals surface area contributed by atoms with Crippen LogP contribution in [0.5, 0.6) is 5.75 Å². The molecule has 1 heterocycles. The van der Waals surface area contributed by atoms with Crippen molar-refractivity contribution < 1.29 is 9.90 Å². The first-order valence-electron chi connectivity index (χ1n) is 6.53. The molecule has 1 amide bonds. The van der Waals surface area contributed by atoms with E-state index in [2.05, 4.69) is 18.8 Å². The van der Waals surface area contributed by atoms with Crippen LogP contribution in [0.2, 0.25) is 0 Å². The van der Waals surface area contributed by atoms with Gasteiger partial charge in [0.15, 0.2) is 0 Å². The number of hydrogen-bond donors (Lipinski definition) is 1. The van der Waals surface area contributed by atoms with Crippen molar-refractivity contribution >= 4 is 5.91 Å². The molecule has 0 spiro atoms. The Hall–Kier alpha value is -1.58. The highest BCUT2D eigenvalue weighted by Crippen LogP contribution is 2.29. The summed E-state index contributed by atoms with van der Waals surface area (Å²) in [6.45, 7) is 5.10. The number of aromatic nitrogens is 1. The van der Waals surface area contributed by atoms with Crippen LogP contribution in [0, 0.1) is 5.92 Å². The van der Waals surface area contributed by atoms with Crippen LogP contribution in [-0.4, -0.2) is 33.5 Å². The lowest BCUT2D eigenvalue weighted by molar-refractivity contribution is 0.0734. The van der Waals surface area contributed by atoms with E-state index in [0.717, 1.165) is 25.8 Å². The zero-order valence-corrected chi connectivity index (χ0v) is 11.0. The molecule has 98 valence electrons. The molecular weight excluding hydrogens is 228 g/mol. The van der Waals surface area contributed by atoms with Crippen molar-refractivity contribution in [3.63, 3.8) is 0 Å². The Kier molecular flexibility index (Phi) is 3.84. The quantitative estimate of drug-likeness (QED) is 0.870. The predicted molar refractivity (Wildman–Crippen MR) is 69.4 cm³/mol. The summed E-state index contributed by atoms with van der Waals surface area (Å²) in [4.78, 5) is 18.2. The lowest BCUT2D eigenvalue weighted by atomic mass is 10.1. The summed E-state index contributed by atoms with van der Waals surface area (Å²) in [6, 6.07) is 1.87. The molecule has 4 nitrogen and oxygen atoms in total. The largest absolute Gasteiger partial charge is 0.506 e. The number of nitrogens with zero attached hydrogens (tertiary/aromatic N) is 2. The maximum Gasteiger partial charge on any atom is 0.255 e. The van der Waals surface area contributed by atoms with Crippen molar-refractivity contribution in [2.75, 3.05) is 6.54 Å². The molecular formula is C14H20N2O2. The third kappa shape index (κ3) is 3.22. The summed E-state index contributed by atoms with van der Waals surface area (Å²) >= 11 is 0. The van der Waals surface area contributed by atoms with Gasteiger partial charge < -0.3 is 10.0 Å². The maximum absolute atomic E-state index is 12.4. The molecule has 0 bridgehead atoms. The van der Waals surface area contributed by atoms with E-state index in [1.165, 1.54) is 18.5 Å². The number of hydrogen-bond acceptors (Lipinski definition) is 3. The van der Waals surface area contributed by atoms with Gasteiger partial charge in [0.25, 0.3) is 5.91 Å². The standard InChI is InChI=1S/C14H20N2O2/c1-10(2)5-6-16(12-3-4-12)14(18)11-7-13(17)9-15-8-11/h7-10,12,17H,3-6H2,1-2H3. The summed E-state index contributed by atoms with van der Waals surface area (Å²) in [6.07, 6.45) is 6.06. The molecule has 1 aromatic rings. The summed E-state index contributed by atoms with van der Waals surface area (Å²) in [5.41, 5.74) is 0.477. The van der Waals surface area contributed by atoms with Crippen LogP contribution in [0.1, 0.15) is 43.5 Å². The topological polar surface area (TPSA) is 53.4 Å². The van der Waals surface area contributed by atoms with Crippen LogP contribution in [0.25, 0.3) is 0 Å². The van der Waals surface area contributed by atoms with Gasteiger partial charge >= 0.3 is 0 Å². The number of amides is 1. The van der Waals surface area contributed by atoms with Crippen LogP contribution < -0.4 is 0 Å². The molecule has 4 heteroatoms. The molecule has 0 aromatic carbocycles. The molecule has 2 rings (SSSR count). The van der Waals surface area contributed by atoms with E-state index in [4.69, 9.17) is 0 Å². The van der Waals surface area contributed by atoms with E-state index in [1.54, 1.807) is 0 Å². The van der Waals surface area contributed by atoms with Crippen molar-refractivity contribution in [3.8, 4) is 5.75 Å². The van der Waals surface area contributed by atoms with E-state index < -0.39 is 0 Å². The molecule has 0 saturated heterocycles. The van der Waals surface area contributed by atoms with Crippen molar-refractivity contribution in [2.24, 2.45) is 5.92 Å². The van der Waals surface area contributed by atoms with E-state index >= 15 is 0 Å². The van der Waals surface area contributed by atoms with Gasteiger partial charge in [-0.25, -0.2) is 0 Å². The van der Waals surface area contributed by atoms with Crippen LogP contribution >= 0.6 is 0 Å². The van der Waals surface area contributed by atoms with Crippen molar-refractivity contribution in [3.05, 3.63) is 24.0 Å². The van der Waals surface area contributed by atoms with Gasteiger partial charge in [0.1, 0.15) is 5.75 Å². The first-order chi connectivity index (χ1) is 8.58. The third-order valence-corrected chi connectivity index (χ3v) is 3.17. The van der Waals surface area contributed by atoms with Gasteiger partial charge in [-0.3, -0.25) is 9.78 Å². The minimum atomic E-state index is -0.0125. The Morgan fingerprint density at radius 1 is 1.50 bits per heavy atom. The minimum absolute atomic E-state index is 0.0125. The molecule has 1 aliphatic rings. The summed E-state index contributed by atoms with van der Waals surface area (Å²) in [7, 11) is 0. The van der Waals surface area contributed by atoms with Gasteiger partial charge in [-0.15, -0.1) is 0 Å². The van der Waals surface area contributed by atoms with E-state index in [-0.39, 0.29) is 11.7 Å². The van der Waals surface area contributed by atoms with Crippen LogP contribution in [-0.2, 0) is 0 Å². The fourth-order valence-electron chi connectivity index (χ4n) is 1.94. The molecule has 0 aliphatic heterocycles. The van der Waals surface area contributed by atoms with Gasteiger partial charge in [-0.1, -0.05) is 13.8 Å². The number of rotatable bonds is 5. The molecule has 18 heavy (non-hydrogen) atoms. The molecule has 0 atom stereocenters. The van der Waals surface area contributed by atoms with Gasteiger partial charge in [-0.2, -0.15) is 0 Å². The van der Waals surface area contributed by atoms with Crippen molar-refractivity contribution in [1.82, 2.24) is 9.88 Å². The van der Waals surface area contributed by atoms with Crippen molar-refractivity contribution in [1.29, 1.82) is 0 Å². The van der Waals surface area contributed by atoms with Gasteiger partial charge in [0, 0.05) is 18.8 Å². The Balaban J connectivity index is 2.08. The van der Waals surface area contributed by atoms with E-state index in [1.807, 2.05) is 4.90 Å². The normalized spacial score (nSPS) is 14.8. The number of carbonyl (C=O) groups is 1. The molecule has 1 N–H and O–H groups in total. The Morgan fingerprint density at radius 3 is 2.78 bits per heavy atom. The van der Waals surface area contributed by atoms with E-state index in [9.17, 15) is 9.90 Å². The third-order valence-electron chi connectivity index (χ3n) is 3.17. The minimum Gasteiger partial charge on any atom is -0.506 e. The SMILES string of the molecule is CC(C)CCN(C(=O)c1cncc(O)c1)C1CC1. The lowest BCUT2D eigenvalue weighted by Gasteiger charge is -2.23. The van der Waals surface area contributed by atoms with Gasteiger partial charge in [-0.05, 0) is 31.2 Å². The second-order valence-electron chi connectivity index (χ2n) is 5.34. The first kappa shape index (κ1) is 12.9. The highest BCUT2D eigenvalue weighted by atomic mass is 16.3. The Labute approximate surface area is 108 Å². The highest BCUT2D eigenvalue weighted by molar-refractivity contribution is 5.94. The Bertz CT molecular complexity index is 428. The number of aromatic hydroxyl groups is 1. The van der Waals surface area contributed by atoms with Crippen LogP contribution in [0.15, 0.2) is 18.5 Å². The van der Waals surface area contributed by atoms with E-state index in [0.29, 0.717) is 17.5 Å². The zero-order chi connectivity index (χ0) is 13.1. The first-order valence-corrected chi connectivity index (χ1v) is 6.53. The van der Waals surface area contributed by atoms with Gasteiger partial charge in [0.05, 0.1) is 11.8 Å². The summed E-state index contributed by atoms with van der Waals surface area (Å²) < 4.78 is 0. The smallest absolute Gasteiger partial charge is 0.255 e.